The van der Waals surface area contributed by atoms with Crippen LogP contribution in [0.3, 0.4) is 0 Å². The number of nitrogens with one attached hydrogen (secondary N) is 2. The lowest BCUT2D eigenvalue weighted by molar-refractivity contribution is -0.133. The summed E-state index contributed by atoms with van der Waals surface area (Å²) in [6, 6.07) is 11.3. The van der Waals surface area contributed by atoms with Crippen molar-refractivity contribution in [3.05, 3.63) is 81.9 Å². The van der Waals surface area contributed by atoms with Crippen molar-refractivity contribution in [2.75, 3.05) is 32.7 Å². The molecule has 2 N–H and O–H groups in total. The van der Waals surface area contributed by atoms with Crippen LogP contribution in [-0.2, 0) is 11.3 Å². The predicted octanol–water partition coefficient (Wildman–Crippen LogP) is 5.69. The van der Waals surface area contributed by atoms with Crippen molar-refractivity contribution in [2.24, 2.45) is 0 Å². The van der Waals surface area contributed by atoms with Crippen LogP contribution in [0.1, 0.15) is 71.6 Å². The highest BCUT2D eigenvalue weighted by Crippen LogP contribution is 2.20. The van der Waals surface area contributed by atoms with E-state index in [1.54, 1.807) is 6.08 Å². The maximum absolute atomic E-state index is 13.8. The van der Waals surface area contributed by atoms with E-state index in [0.29, 0.717) is 30.2 Å². The Morgan fingerprint density at radius 3 is 2.65 bits per heavy atom. The summed E-state index contributed by atoms with van der Waals surface area (Å²) in [5.41, 5.74) is 4.70. The van der Waals surface area contributed by atoms with E-state index in [1.165, 1.54) is 19.3 Å². The zero-order valence-electron chi connectivity index (χ0n) is 23.9. The van der Waals surface area contributed by atoms with Crippen molar-refractivity contribution in [3.63, 3.8) is 0 Å². The number of aryl methyl sites for hydroxylation is 1. The van der Waals surface area contributed by atoms with Crippen LogP contribution in [0.4, 0.5) is 0 Å². The first kappa shape index (κ1) is 30.0. The number of nitrogens with zero attached hydrogens (tertiary/aromatic N) is 2. The molecule has 0 radical (unpaired) electrons. The van der Waals surface area contributed by atoms with E-state index >= 15 is 0 Å². The van der Waals surface area contributed by atoms with Crippen molar-refractivity contribution in [1.82, 2.24) is 20.4 Å². The monoisotopic (exact) mass is 562 g/mol. The number of carbonyl (C=O) groups excluding carboxylic acids is 2. The minimum absolute atomic E-state index is 0.00666. The zero-order chi connectivity index (χ0) is 28.5. The van der Waals surface area contributed by atoms with Crippen molar-refractivity contribution in [2.45, 2.75) is 64.6 Å². The Hall–Kier alpha value is -2.93. The Morgan fingerprint density at radius 2 is 1.93 bits per heavy atom. The molecule has 0 aromatic heterocycles. The Morgan fingerprint density at radius 1 is 1.12 bits per heavy atom. The molecule has 0 spiro atoms. The Kier molecular flexibility index (Phi) is 11.0. The van der Waals surface area contributed by atoms with E-state index < -0.39 is 0 Å². The number of piperidine rings is 1. The van der Waals surface area contributed by atoms with Crippen LogP contribution in [0.25, 0.3) is 12.2 Å². The normalized spacial score (nSPS) is 20.5. The largest absolute Gasteiger partial charge is 0.350 e. The molecule has 40 heavy (non-hydrogen) atoms. The third-order valence-electron chi connectivity index (χ3n) is 7.88. The summed E-state index contributed by atoms with van der Waals surface area (Å²) < 4.78 is 0. The van der Waals surface area contributed by atoms with Gasteiger partial charge in [0.2, 0.25) is 5.91 Å². The van der Waals surface area contributed by atoms with Gasteiger partial charge in [0.15, 0.2) is 0 Å². The Bertz CT molecular complexity index is 1200. The number of hydrogen-bond acceptors (Lipinski definition) is 4. The fourth-order valence-corrected chi connectivity index (χ4v) is 6.08. The quantitative estimate of drug-likeness (QED) is 0.390. The Balaban J connectivity index is 1.45. The molecule has 2 amide bonds. The highest BCUT2D eigenvalue weighted by molar-refractivity contribution is 6.30. The second kappa shape index (κ2) is 14.6. The first-order valence-electron chi connectivity index (χ1n) is 14.6. The standard InChI is InChI=1S/C33H43ClN4O2/c1-4-9-27-21-28(11-10-26(27)5-2)32(39)35-22-30-12-17-38(23-25-18-24(3)19-29(34)20-25)33(40)31(36-30)13-16-37-14-7-6-8-15-37/h4-5,9-11,18-21,30-31,36H,2,6-8,12-17,22-23H2,1,3H3,(H,35,39)/b9-4-. The van der Waals surface area contributed by atoms with E-state index in [-0.39, 0.29) is 23.9 Å². The number of benzene rings is 2. The van der Waals surface area contributed by atoms with Gasteiger partial charge in [-0.05, 0) is 99.1 Å². The number of amides is 2. The number of rotatable bonds is 10. The van der Waals surface area contributed by atoms with Crippen molar-refractivity contribution < 1.29 is 9.59 Å². The molecule has 0 bridgehead atoms. The van der Waals surface area contributed by atoms with Crippen molar-refractivity contribution in [1.29, 1.82) is 0 Å². The lowest BCUT2D eigenvalue weighted by Gasteiger charge is -2.30. The summed E-state index contributed by atoms with van der Waals surface area (Å²) >= 11 is 6.32. The molecular formula is C33H43ClN4O2. The van der Waals surface area contributed by atoms with Crippen LogP contribution in [0.5, 0.6) is 0 Å². The van der Waals surface area contributed by atoms with Gasteiger partial charge in [-0.15, -0.1) is 0 Å². The third kappa shape index (κ3) is 8.29. The molecule has 6 nitrogen and oxygen atoms in total. The Labute approximate surface area is 244 Å². The SMILES string of the molecule is C=Cc1ccc(C(=O)NCC2CCN(Cc3cc(C)cc(Cl)c3)C(=O)C(CCN3CCCCC3)N2)cc1/C=C\C. The summed E-state index contributed by atoms with van der Waals surface area (Å²) in [5, 5.41) is 7.42. The highest BCUT2D eigenvalue weighted by atomic mass is 35.5. The van der Waals surface area contributed by atoms with E-state index in [0.717, 1.165) is 54.7 Å². The minimum Gasteiger partial charge on any atom is -0.350 e. The maximum Gasteiger partial charge on any atom is 0.251 e. The van der Waals surface area contributed by atoms with E-state index in [4.69, 9.17) is 11.6 Å². The van der Waals surface area contributed by atoms with Crippen molar-refractivity contribution in [3.8, 4) is 0 Å². The van der Waals surface area contributed by atoms with Gasteiger partial charge >= 0.3 is 0 Å². The van der Waals surface area contributed by atoms with Gasteiger partial charge in [-0.1, -0.05) is 55.0 Å². The van der Waals surface area contributed by atoms with Crippen molar-refractivity contribution >= 4 is 35.6 Å². The molecule has 2 saturated heterocycles. The molecule has 7 heteroatoms. The average molecular weight is 563 g/mol. The van der Waals surface area contributed by atoms with Gasteiger partial charge in [-0.2, -0.15) is 0 Å². The molecule has 0 aliphatic carbocycles. The second-order valence-corrected chi connectivity index (χ2v) is 11.5. The van der Waals surface area contributed by atoms with Crippen LogP contribution in [-0.4, -0.2) is 66.4 Å². The van der Waals surface area contributed by atoms with Crippen LogP contribution < -0.4 is 10.6 Å². The third-order valence-corrected chi connectivity index (χ3v) is 8.09. The van der Waals surface area contributed by atoms with Crippen LogP contribution in [0, 0.1) is 6.92 Å². The summed E-state index contributed by atoms with van der Waals surface area (Å²) in [6.07, 6.45) is 11.0. The van der Waals surface area contributed by atoms with Gasteiger partial charge in [-0.25, -0.2) is 0 Å². The topological polar surface area (TPSA) is 64.7 Å². The predicted molar refractivity (Wildman–Crippen MR) is 165 cm³/mol. The van der Waals surface area contributed by atoms with Crippen LogP contribution in [0.2, 0.25) is 5.02 Å². The van der Waals surface area contributed by atoms with Gasteiger partial charge in [0, 0.05) is 42.8 Å². The lowest BCUT2D eigenvalue weighted by atomic mass is 10.0. The molecular weight excluding hydrogens is 520 g/mol. The lowest BCUT2D eigenvalue weighted by Crippen LogP contribution is -2.50. The van der Waals surface area contributed by atoms with Gasteiger partial charge < -0.3 is 20.4 Å². The summed E-state index contributed by atoms with van der Waals surface area (Å²) in [7, 11) is 0. The molecule has 2 fully saturated rings. The molecule has 2 aliphatic rings. The molecule has 4 rings (SSSR count). The number of allylic oxidation sites excluding steroid dienone is 1. The summed E-state index contributed by atoms with van der Waals surface area (Å²) in [4.78, 5) is 31.3. The van der Waals surface area contributed by atoms with E-state index in [1.807, 2.05) is 61.2 Å². The van der Waals surface area contributed by atoms with E-state index in [2.05, 4.69) is 28.2 Å². The number of halogens is 1. The summed E-state index contributed by atoms with van der Waals surface area (Å²) in [6.45, 7) is 12.6. The molecule has 214 valence electrons. The maximum atomic E-state index is 13.8. The van der Waals surface area contributed by atoms with Crippen LogP contribution >= 0.6 is 11.6 Å². The average Bonchev–Trinajstić information content (AvgIpc) is 3.09. The fourth-order valence-electron chi connectivity index (χ4n) is 5.77. The van der Waals surface area contributed by atoms with Gasteiger partial charge in [-0.3, -0.25) is 9.59 Å². The number of carbonyl (C=O) groups is 2. The smallest absolute Gasteiger partial charge is 0.251 e. The fraction of sp³-hybridized carbons (Fsp3) is 0.455. The molecule has 2 aromatic carbocycles. The molecule has 2 aromatic rings. The molecule has 2 atom stereocenters. The van der Waals surface area contributed by atoms with Crippen LogP contribution in [0.15, 0.2) is 49.1 Å². The molecule has 2 unspecified atom stereocenters. The first-order chi connectivity index (χ1) is 19.4. The molecule has 0 saturated carbocycles. The van der Waals surface area contributed by atoms with Gasteiger partial charge in [0.25, 0.3) is 5.91 Å². The number of likely N-dealkylation sites (tertiary alicyclic amines) is 1. The molecule has 2 aliphatic heterocycles. The zero-order valence-corrected chi connectivity index (χ0v) is 24.7. The summed E-state index contributed by atoms with van der Waals surface area (Å²) in [5.74, 6) is 0.00865. The van der Waals surface area contributed by atoms with Gasteiger partial charge in [0.1, 0.15) is 0 Å². The second-order valence-electron chi connectivity index (χ2n) is 11.1. The number of hydrogen-bond donors (Lipinski definition) is 2. The van der Waals surface area contributed by atoms with Gasteiger partial charge in [0.05, 0.1) is 6.04 Å². The molecule has 2 heterocycles. The highest BCUT2D eigenvalue weighted by Gasteiger charge is 2.31. The van der Waals surface area contributed by atoms with E-state index in [9.17, 15) is 9.59 Å². The first-order valence-corrected chi connectivity index (χ1v) is 14.9. The minimum atomic E-state index is -0.292.